The predicted molar refractivity (Wildman–Crippen MR) is 104 cm³/mol. The van der Waals surface area contributed by atoms with Crippen LogP contribution >= 0.6 is 0 Å². The van der Waals surface area contributed by atoms with Crippen LogP contribution in [-0.2, 0) is 16.0 Å². The number of carbonyl (C=O) groups is 2. The molecule has 0 saturated heterocycles. The van der Waals surface area contributed by atoms with Crippen molar-refractivity contribution in [3.8, 4) is 0 Å². The number of nitrogens with zero attached hydrogens (tertiary/aromatic N) is 1. The Morgan fingerprint density at radius 1 is 1.04 bits per heavy atom. The maximum Gasteiger partial charge on any atom is 0.248 e. The summed E-state index contributed by atoms with van der Waals surface area (Å²) in [5.74, 6) is -0.360. The highest BCUT2D eigenvalue weighted by Crippen LogP contribution is 2.18. The standard InChI is InChI=1S/C21H19N3O2/c1-22-21(26)14-16-6-2-4-8-18(16)24-20(25)11-10-15-12-13-23-19-9-5-3-7-17(15)19/h2-13H,14H2,1H3,(H,22,26)(H,24,25). The number of fused-ring (bicyclic) bond motifs is 1. The fraction of sp³-hybridized carbons (Fsp3) is 0.0952. The van der Waals surface area contributed by atoms with Gasteiger partial charge in [-0.2, -0.15) is 0 Å². The topological polar surface area (TPSA) is 71.1 Å². The zero-order chi connectivity index (χ0) is 18.4. The number of anilines is 1. The second kappa shape index (κ2) is 8.07. The van der Waals surface area contributed by atoms with E-state index in [0.717, 1.165) is 22.0 Å². The van der Waals surface area contributed by atoms with Crippen molar-refractivity contribution >= 4 is 34.5 Å². The summed E-state index contributed by atoms with van der Waals surface area (Å²) in [7, 11) is 1.59. The SMILES string of the molecule is CNC(=O)Cc1ccccc1NC(=O)C=Cc1ccnc2ccccc12. The van der Waals surface area contributed by atoms with E-state index in [9.17, 15) is 9.59 Å². The van der Waals surface area contributed by atoms with Crippen molar-refractivity contribution in [2.24, 2.45) is 0 Å². The van der Waals surface area contributed by atoms with Crippen molar-refractivity contribution in [2.45, 2.75) is 6.42 Å². The summed E-state index contributed by atoms with van der Waals surface area (Å²) in [6, 6.07) is 16.9. The zero-order valence-electron chi connectivity index (χ0n) is 14.4. The summed E-state index contributed by atoms with van der Waals surface area (Å²) < 4.78 is 0. The summed E-state index contributed by atoms with van der Waals surface area (Å²) in [6.07, 6.45) is 5.18. The number of aromatic nitrogens is 1. The van der Waals surface area contributed by atoms with Crippen LogP contribution in [0.15, 0.2) is 66.9 Å². The molecule has 0 radical (unpaired) electrons. The highest BCUT2D eigenvalue weighted by atomic mass is 16.2. The van der Waals surface area contributed by atoms with Crippen LogP contribution in [-0.4, -0.2) is 23.8 Å². The van der Waals surface area contributed by atoms with Crippen LogP contribution in [0.25, 0.3) is 17.0 Å². The molecule has 3 aromatic rings. The largest absolute Gasteiger partial charge is 0.359 e. The van der Waals surface area contributed by atoms with E-state index in [0.29, 0.717) is 5.69 Å². The number of para-hydroxylation sites is 2. The van der Waals surface area contributed by atoms with Crippen molar-refractivity contribution in [3.05, 3.63) is 78.0 Å². The summed E-state index contributed by atoms with van der Waals surface area (Å²) in [6.45, 7) is 0. The van der Waals surface area contributed by atoms with Crippen molar-refractivity contribution < 1.29 is 9.59 Å². The molecule has 130 valence electrons. The molecule has 26 heavy (non-hydrogen) atoms. The molecule has 2 amide bonds. The Morgan fingerprint density at radius 2 is 1.81 bits per heavy atom. The number of benzene rings is 2. The van der Waals surface area contributed by atoms with Gasteiger partial charge < -0.3 is 10.6 Å². The quantitative estimate of drug-likeness (QED) is 0.698. The molecule has 2 N–H and O–H groups in total. The van der Waals surface area contributed by atoms with E-state index in [1.807, 2.05) is 48.5 Å². The van der Waals surface area contributed by atoms with E-state index in [1.54, 1.807) is 25.4 Å². The molecule has 0 bridgehead atoms. The molecular formula is C21H19N3O2. The van der Waals surface area contributed by atoms with Crippen molar-refractivity contribution in [1.29, 1.82) is 0 Å². The van der Waals surface area contributed by atoms with E-state index in [2.05, 4.69) is 15.6 Å². The van der Waals surface area contributed by atoms with Gasteiger partial charge in [-0.1, -0.05) is 36.4 Å². The first-order valence-electron chi connectivity index (χ1n) is 8.28. The summed E-state index contributed by atoms with van der Waals surface area (Å²) in [5.41, 5.74) is 3.20. The number of likely N-dealkylation sites (N-methyl/N-ethyl adjacent to an activating group) is 1. The molecule has 5 nitrogen and oxygen atoms in total. The number of hydrogen-bond acceptors (Lipinski definition) is 3. The highest BCUT2D eigenvalue weighted by Gasteiger charge is 2.08. The van der Waals surface area contributed by atoms with Gasteiger partial charge in [-0.15, -0.1) is 0 Å². The Bertz CT molecular complexity index is 974. The van der Waals surface area contributed by atoms with Crippen LogP contribution in [0.3, 0.4) is 0 Å². The Balaban J connectivity index is 1.77. The number of carbonyl (C=O) groups excluding carboxylic acids is 2. The van der Waals surface area contributed by atoms with Gasteiger partial charge in [-0.25, -0.2) is 0 Å². The fourth-order valence-corrected chi connectivity index (χ4v) is 2.66. The molecule has 1 aromatic heterocycles. The molecule has 0 atom stereocenters. The normalized spacial score (nSPS) is 10.8. The molecule has 0 saturated carbocycles. The minimum atomic E-state index is -0.254. The first kappa shape index (κ1) is 17.4. The van der Waals surface area contributed by atoms with Gasteiger partial charge in [-0.05, 0) is 35.4 Å². The minimum Gasteiger partial charge on any atom is -0.359 e. The van der Waals surface area contributed by atoms with Crippen LogP contribution in [0.5, 0.6) is 0 Å². The Kier molecular flexibility index (Phi) is 5.39. The van der Waals surface area contributed by atoms with Gasteiger partial charge in [0.15, 0.2) is 0 Å². The highest BCUT2D eigenvalue weighted by molar-refractivity contribution is 6.04. The first-order valence-corrected chi connectivity index (χ1v) is 8.28. The monoisotopic (exact) mass is 345 g/mol. The molecule has 0 fully saturated rings. The lowest BCUT2D eigenvalue weighted by molar-refractivity contribution is -0.120. The van der Waals surface area contributed by atoms with Crippen LogP contribution < -0.4 is 10.6 Å². The maximum absolute atomic E-state index is 12.3. The lowest BCUT2D eigenvalue weighted by atomic mass is 10.1. The number of rotatable bonds is 5. The Morgan fingerprint density at radius 3 is 2.65 bits per heavy atom. The van der Waals surface area contributed by atoms with E-state index >= 15 is 0 Å². The lowest BCUT2D eigenvalue weighted by Gasteiger charge is -2.09. The maximum atomic E-state index is 12.3. The molecule has 5 heteroatoms. The Hall–Kier alpha value is -3.47. The molecule has 0 aliphatic heterocycles. The third-order valence-electron chi connectivity index (χ3n) is 4.00. The minimum absolute atomic E-state index is 0.106. The summed E-state index contributed by atoms with van der Waals surface area (Å²) >= 11 is 0. The summed E-state index contributed by atoms with van der Waals surface area (Å²) in [4.78, 5) is 28.2. The average Bonchev–Trinajstić information content (AvgIpc) is 2.67. The molecule has 0 aliphatic rings. The molecule has 3 rings (SSSR count). The molecule has 0 spiro atoms. The van der Waals surface area contributed by atoms with E-state index < -0.39 is 0 Å². The van der Waals surface area contributed by atoms with E-state index in [1.165, 1.54) is 6.08 Å². The van der Waals surface area contributed by atoms with Gasteiger partial charge in [-0.3, -0.25) is 14.6 Å². The van der Waals surface area contributed by atoms with Gasteiger partial charge in [0.25, 0.3) is 0 Å². The second-order valence-corrected chi connectivity index (χ2v) is 5.75. The zero-order valence-corrected chi connectivity index (χ0v) is 14.4. The molecular weight excluding hydrogens is 326 g/mol. The van der Waals surface area contributed by atoms with Crippen LogP contribution in [0.2, 0.25) is 0 Å². The second-order valence-electron chi connectivity index (χ2n) is 5.75. The van der Waals surface area contributed by atoms with E-state index in [-0.39, 0.29) is 18.2 Å². The third kappa shape index (κ3) is 4.13. The molecule has 0 unspecified atom stereocenters. The van der Waals surface area contributed by atoms with Crippen LogP contribution in [0.1, 0.15) is 11.1 Å². The number of amides is 2. The predicted octanol–water partition coefficient (Wildman–Crippen LogP) is 3.18. The number of hydrogen-bond donors (Lipinski definition) is 2. The smallest absolute Gasteiger partial charge is 0.248 e. The number of pyridine rings is 1. The van der Waals surface area contributed by atoms with Gasteiger partial charge >= 0.3 is 0 Å². The summed E-state index contributed by atoms with van der Waals surface area (Å²) in [5, 5.41) is 6.41. The molecule has 1 heterocycles. The van der Waals surface area contributed by atoms with Gasteiger partial charge in [0.2, 0.25) is 11.8 Å². The number of nitrogens with one attached hydrogen (secondary N) is 2. The van der Waals surface area contributed by atoms with Gasteiger partial charge in [0, 0.05) is 30.4 Å². The van der Waals surface area contributed by atoms with Gasteiger partial charge in [0.1, 0.15) is 0 Å². The fourth-order valence-electron chi connectivity index (χ4n) is 2.66. The Labute approximate surface area is 151 Å². The van der Waals surface area contributed by atoms with Gasteiger partial charge in [0.05, 0.1) is 11.9 Å². The molecule has 2 aromatic carbocycles. The average molecular weight is 345 g/mol. The van der Waals surface area contributed by atoms with E-state index in [4.69, 9.17) is 0 Å². The lowest BCUT2D eigenvalue weighted by Crippen LogP contribution is -2.21. The third-order valence-corrected chi connectivity index (χ3v) is 4.00. The van der Waals surface area contributed by atoms with Crippen molar-refractivity contribution in [2.75, 3.05) is 12.4 Å². The van der Waals surface area contributed by atoms with Crippen molar-refractivity contribution in [3.63, 3.8) is 0 Å². The first-order chi connectivity index (χ1) is 12.7. The van der Waals surface area contributed by atoms with Crippen LogP contribution in [0.4, 0.5) is 5.69 Å². The van der Waals surface area contributed by atoms with Crippen molar-refractivity contribution in [1.82, 2.24) is 10.3 Å². The molecule has 0 aliphatic carbocycles. The van der Waals surface area contributed by atoms with Crippen LogP contribution in [0, 0.1) is 0 Å².